The summed E-state index contributed by atoms with van der Waals surface area (Å²) >= 11 is 0. The van der Waals surface area contributed by atoms with Gasteiger partial charge in [0.2, 0.25) is 11.7 Å². The molecule has 298 valence electrons. The Morgan fingerprint density at radius 3 is 2.33 bits per heavy atom. The summed E-state index contributed by atoms with van der Waals surface area (Å²) in [5.74, 6) is -5.81. The van der Waals surface area contributed by atoms with Crippen LogP contribution in [0.25, 0.3) is 0 Å². The maximum Gasteiger partial charge on any atom is 0.326 e. The molecule has 19 nitrogen and oxygen atoms in total. The smallest absolute Gasteiger partial charge is 0.326 e. The highest BCUT2D eigenvalue weighted by molar-refractivity contribution is 6.01. The molecule has 19 heteroatoms. The Morgan fingerprint density at radius 2 is 1.67 bits per heavy atom. The number of fused-ring (bicyclic) bond motifs is 5. The van der Waals surface area contributed by atoms with Crippen LogP contribution in [0.5, 0.6) is 0 Å². The van der Waals surface area contributed by atoms with Gasteiger partial charge in [-0.25, -0.2) is 4.79 Å². The molecule has 4 rings (SSSR count). The number of unbranched alkanes of at least 4 members (excludes halogenated alkanes) is 2. The average molecular weight is 766 g/mol. The number of hydrogen-bond acceptors (Lipinski definition) is 15. The molecule has 0 heterocycles. The van der Waals surface area contributed by atoms with Crippen LogP contribution in [0.2, 0.25) is 0 Å². The summed E-state index contributed by atoms with van der Waals surface area (Å²) in [6.45, 7) is 2.27. The Hall–Kier alpha value is -4.94. The van der Waals surface area contributed by atoms with Gasteiger partial charge in [0.15, 0.2) is 18.0 Å². The Balaban J connectivity index is 1.47. The van der Waals surface area contributed by atoms with Crippen LogP contribution in [-0.2, 0) is 47.9 Å². The monoisotopic (exact) mass is 765 g/mol. The lowest BCUT2D eigenvalue weighted by molar-refractivity contribution is -0.757. The lowest BCUT2D eigenvalue weighted by Crippen LogP contribution is -2.63. The summed E-state index contributed by atoms with van der Waals surface area (Å²) < 4.78 is 11.3. The number of carboxylic acids is 1. The second kappa shape index (κ2) is 17.5. The number of Topliss-reactive ketones (excluding diaryl/α,β-unsaturated/α-hetero) is 1. The fourth-order valence-electron chi connectivity index (χ4n) is 9.26. The van der Waals surface area contributed by atoms with Crippen LogP contribution in [0.3, 0.4) is 0 Å². The first-order valence-electron chi connectivity index (χ1n) is 18.0. The quantitative estimate of drug-likeness (QED) is 0.0694. The SMILES string of the molecule is C[C@]12C=CC(=O)C=C1CCC1C3CC[C@](OC(=O)CCCO[N+](=O)[O-])(C(=O)COC(=O)CC(NC(=O)CCCCCO[N+](=O)[O-])C(=O)O)[C@@]3(C)C[C@H](O)[C@@H]12. The number of rotatable bonds is 20. The van der Waals surface area contributed by atoms with Crippen LogP contribution < -0.4 is 5.32 Å². The second-order valence-corrected chi connectivity index (χ2v) is 14.8. The van der Waals surface area contributed by atoms with E-state index >= 15 is 0 Å². The van der Waals surface area contributed by atoms with Gasteiger partial charge in [-0.3, -0.25) is 24.0 Å². The minimum atomic E-state index is -1.88. The zero-order valence-electron chi connectivity index (χ0n) is 30.2. The number of carboxylic acid groups (broad SMARTS) is 1. The van der Waals surface area contributed by atoms with Crippen LogP contribution >= 0.6 is 0 Å². The summed E-state index contributed by atoms with van der Waals surface area (Å²) in [4.78, 5) is 106. The zero-order chi connectivity index (χ0) is 39.8. The molecule has 0 aromatic rings. The molecular formula is C35H47N3O16. The van der Waals surface area contributed by atoms with Crippen molar-refractivity contribution < 1.29 is 68.3 Å². The first-order chi connectivity index (χ1) is 25.4. The van der Waals surface area contributed by atoms with Gasteiger partial charge in [0.1, 0.15) is 6.04 Å². The van der Waals surface area contributed by atoms with E-state index < -0.39 is 88.0 Å². The van der Waals surface area contributed by atoms with Crippen molar-refractivity contribution >= 4 is 35.4 Å². The predicted octanol–water partition coefficient (Wildman–Crippen LogP) is 2.38. The van der Waals surface area contributed by atoms with Crippen molar-refractivity contribution in [3.8, 4) is 0 Å². The third-order valence-electron chi connectivity index (χ3n) is 11.7. The topological polar surface area (TPSA) is 278 Å². The van der Waals surface area contributed by atoms with Gasteiger partial charge in [-0.1, -0.05) is 31.9 Å². The highest BCUT2D eigenvalue weighted by atomic mass is 17.0. The molecule has 0 bridgehead atoms. The van der Waals surface area contributed by atoms with E-state index in [1.165, 1.54) is 6.08 Å². The van der Waals surface area contributed by atoms with E-state index in [-0.39, 0.29) is 68.7 Å². The Kier molecular flexibility index (Phi) is 13.5. The summed E-state index contributed by atoms with van der Waals surface area (Å²) in [5, 5.41) is 42.5. The fourth-order valence-corrected chi connectivity index (χ4v) is 9.26. The van der Waals surface area contributed by atoms with Crippen molar-refractivity contribution in [3.63, 3.8) is 0 Å². The highest BCUT2D eigenvalue weighted by Crippen LogP contribution is 2.68. The van der Waals surface area contributed by atoms with Crippen LogP contribution in [-0.4, -0.2) is 93.3 Å². The van der Waals surface area contributed by atoms with E-state index in [2.05, 4.69) is 15.0 Å². The first kappa shape index (κ1) is 41.8. The minimum Gasteiger partial charge on any atom is -0.480 e. The number of ketones is 2. The molecule has 0 aromatic carbocycles. The van der Waals surface area contributed by atoms with E-state index in [1.54, 1.807) is 13.0 Å². The lowest BCUT2D eigenvalue weighted by Gasteiger charge is -2.59. The molecular weight excluding hydrogens is 718 g/mol. The second-order valence-electron chi connectivity index (χ2n) is 14.8. The van der Waals surface area contributed by atoms with Gasteiger partial charge in [0, 0.05) is 29.6 Å². The summed E-state index contributed by atoms with van der Waals surface area (Å²) in [5.41, 5.74) is -2.72. The molecule has 3 N–H and O–H groups in total. The fraction of sp³-hybridized carbons (Fsp3) is 0.714. The van der Waals surface area contributed by atoms with Gasteiger partial charge in [0.05, 0.1) is 25.7 Å². The molecule has 0 spiro atoms. The number of ether oxygens (including phenoxy) is 2. The van der Waals surface area contributed by atoms with E-state index in [4.69, 9.17) is 9.47 Å². The number of carbonyl (C=O) groups excluding carboxylic acids is 5. The molecule has 3 unspecified atom stereocenters. The molecule has 1 amide bonds. The number of esters is 2. The summed E-state index contributed by atoms with van der Waals surface area (Å²) in [7, 11) is 0. The maximum atomic E-state index is 14.3. The van der Waals surface area contributed by atoms with Gasteiger partial charge in [-0.05, 0) is 75.4 Å². The lowest BCUT2D eigenvalue weighted by atomic mass is 9.46. The third-order valence-corrected chi connectivity index (χ3v) is 11.7. The molecule has 0 aliphatic heterocycles. The summed E-state index contributed by atoms with van der Waals surface area (Å²) in [6.07, 6.45) is 5.16. The number of aliphatic hydroxyl groups excluding tert-OH is 1. The van der Waals surface area contributed by atoms with E-state index in [1.807, 2.05) is 13.0 Å². The van der Waals surface area contributed by atoms with Crippen LogP contribution in [0, 0.1) is 48.8 Å². The van der Waals surface area contributed by atoms with Gasteiger partial charge >= 0.3 is 17.9 Å². The number of aliphatic hydroxyl groups is 1. The highest BCUT2D eigenvalue weighted by Gasteiger charge is 2.70. The maximum absolute atomic E-state index is 14.3. The molecule has 54 heavy (non-hydrogen) atoms. The van der Waals surface area contributed by atoms with E-state index in [9.17, 15) is 59.2 Å². The molecule has 3 saturated carbocycles. The van der Waals surface area contributed by atoms with Crippen molar-refractivity contribution in [2.45, 2.75) is 109 Å². The van der Waals surface area contributed by atoms with Crippen molar-refractivity contribution in [2.75, 3.05) is 19.8 Å². The number of nitrogens with one attached hydrogen (secondary N) is 1. The number of aliphatic carboxylic acids is 1. The third kappa shape index (κ3) is 9.22. The molecule has 4 aliphatic rings. The average Bonchev–Trinajstić information content (AvgIpc) is 3.38. The molecule has 3 fully saturated rings. The van der Waals surface area contributed by atoms with Crippen molar-refractivity contribution in [3.05, 3.63) is 44.0 Å². The van der Waals surface area contributed by atoms with Crippen molar-refractivity contribution in [1.82, 2.24) is 5.32 Å². The molecule has 4 aliphatic carbocycles. The molecule has 0 aromatic heterocycles. The first-order valence-corrected chi connectivity index (χ1v) is 18.0. The van der Waals surface area contributed by atoms with Gasteiger partial charge in [-0.15, -0.1) is 20.2 Å². The van der Waals surface area contributed by atoms with E-state index in [0.717, 1.165) is 5.57 Å². The Morgan fingerprint density at radius 1 is 0.981 bits per heavy atom. The number of allylic oxidation sites excluding steroid dienone is 4. The Bertz CT molecular complexity index is 1580. The van der Waals surface area contributed by atoms with Crippen LogP contribution in [0.1, 0.15) is 90.9 Å². The molecule has 8 atom stereocenters. The largest absolute Gasteiger partial charge is 0.480 e. The van der Waals surface area contributed by atoms with Gasteiger partial charge < -0.3 is 34.7 Å². The number of nitrogens with zero attached hydrogens (tertiary/aromatic N) is 2. The number of hydrogen-bond donors (Lipinski definition) is 3. The van der Waals surface area contributed by atoms with Gasteiger partial charge in [0.25, 0.3) is 10.2 Å². The normalized spacial score (nSPS) is 30.0. The summed E-state index contributed by atoms with van der Waals surface area (Å²) in [6, 6.07) is -1.69. The van der Waals surface area contributed by atoms with Crippen molar-refractivity contribution in [2.24, 2.45) is 28.6 Å². The number of carbonyl (C=O) groups is 6. The van der Waals surface area contributed by atoms with Crippen LogP contribution in [0.4, 0.5) is 0 Å². The zero-order valence-corrected chi connectivity index (χ0v) is 30.2. The molecule has 0 saturated heterocycles. The molecule has 0 radical (unpaired) electrons. The minimum absolute atomic E-state index is 0.0246. The van der Waals surface area contributed by atoms with E-state index in [0.29, 0.717) is 32.1 Å². The Labute approximate surface area is 310 Å². The predicted molar refractivity (Wildman–Crippen MR) is 181 cm³/mol. The van der Waals surface area contributed by atoms with Crippen LogP contribution in [0.15, 0.2) is 23.8 Å². The number of amides is 1. The van der Waals surface area contributed by atoms with Gasteiger partial charge in [-0.2, -0.15) is 0 Å². The van der Waals surface area contributed by atoms with Crippen molar-refractivity contribution in [1.29, 1.82) is 0 Å². The standard InChI is InChI=1S/C35H47N3O16/c1-33-13-11-22(39)17-21(33)9-10-23-24-12-14-35(34(24,2)19-26(40)31(23)33,54-29(43)8-6-16-53-38(49)50)27(41)20-51-30(44)18-25(32(45)46)36-28(42)7-4-3-5-15-52-37(47)48/h11,13,17,23-26,31,40H,3-10,12,14-16,18-20H2,1-2H3,(H,36,42)(H,45,46)/t23?,24?,25?,26-,31+,33-,34-,35-/m0/s1.